The Bertz CT molecular complexity index is 745. The van der Waals surface area contributed by atoms with E-state index < -0.39 is 12.0 Å². The van der Waals surface area contributed by atoms with E-state index >= 15 is 0 Å². The zero-order chi connectivity index (χ0) is 15.3. The minimum atomic E-state index is -4.47. The zero-order valence-electron chi connectivity index (χ0n) is 11.8. The highest BCUT2D eigenvalue weighted by molar-refractivity contribution is 5.81. The van der Waals surface area contributed by atoms with Gasteiger partial charge in [-0.1, -0.05) is 0 Å². The Kier molecular flexibility index (Phi) is 3.85. The van der Waals surface area contributed by atoms with Gasteiger partial charge in [0.25, 0.3) is 0 Å². The molecule has 3 aliphatic heterocycles. The number of nitrogens with one attached hydrogen (secondary N) is 1. The van der Waals surface area contributed by atoms with E-state index in [2.05, 4.69) is 20.2 Å². The molecule has 6 nitrogen and oxygen atoms in total. The first kappa shape index (κ1) is 15.9. The van der Waals surface area contributed by atoms with E-state index in [4.69, 9.17) is 0 Å². The molecule has 4 rings (SSSR count). The highest BCUT2D eigenvalue weighted by atomic mass is 35.5. The summed E-state index contributed by atoms with van der Waals surface area (Å²) in [5, 5.41) is 7.02. The topological polar surface area (TPSA) is 59.9 Å². The molecule has 0 radical (unpaired) electrons. The SMILES string of the molecule is FC(F)(F)c1nnc2n1CCC(C1=C3C=NC=C[NH+]3C=N1)C2.[Cl-]. The van der Waals surface area contributed by atoms with Crippen LogP contribution in [0.4, 0.5) is 13.2 Å². The average molecular weight is 345 g/mol. The Morgan fingerprint density at radius 1 is 1.26 bits per heavy atom. The summed E-state index contributed by atoms with van der Waals surface area (Å²) in [5.41, 5.74) is 1.84. The maximum Gasteiger partial charge on any atom is 0.451 e. The van der Waals surface area contributed by atoms with Crippen molar-refractivity contribution in [2.24, 2.45) is 15.9 Å². The fraction of sp³-hybridized carbons (Fsp3) is 0.385. The molecule has 2 unspecified atom stereocenters. The molecule has 0 amide bonds. The van der Waals surface area contributed by atoms with Gasteiger partial charge in [0, 0.05) is 18.9 Å². The van der Waals surface area contributed by atoms with Gasteiger partial charge in [-0.3, -0.25) is 4.99 Å². The van der Waals surface area contributed by atoms with Crippen molar-refractivity contribution in [2.45, 2.75) is 25.6 Å². The third kappa shape index (κ3) is 2.59. The van der Waals surface area contributed by atoms with Crippen LogP contribution in [0.1, 0.15) is 18.1 Å². The van der Waals surface area contributed by atoms with E-state index in [1.807, 2.05) is 6.20 Å². The first-order valence-corrected chi connectivity index (χ1v) is 6.88. The number of fused-ring (bicyclic) bond motifs is 2. The van der Waals surface area contributed by atoms with Crippen LogP contribution in [0.2, 0.25) is 0 Å². The molecule has 0 bridgehead atoms. The molecule has 3 aliphatic rings. The number of quaternary nitrogens is 1. The van der Waals surface area contributed by atoms with Crippen LogP contribution in [0.15, 0.2) is 33.8 Å². The van der Waals surface area contributed by atoms with E-state index in [1.54, 1.807) is 18.8 Å². The predicted molar refractivity (Wildman–Crippen MR) is 70.9 cm³/mol. The van der Waals surface area contributed by atoms with Gasteiger partial charge in [0.05, 0.1) is 12.4 Å². The largest absolute Gasteiger partial charge is 1.00 e. The van der Waals surface area contributed by atoms with E-state index in [0.29, 0.717) is 18.7 Å². The number of hydrogen-bond acceptors (Lipinski definition) is 4. The van der Waals surface area contributed by atoms with Gasteiger partial charge >= 0.3 is 6.18 Å². The predicted octanol–water partition coefficient (Wildman–Crippen LogP) is -2.44. The molecular weight excluding hydrogens is 333 g/mol. The fourth-order valence-electron chi connectivity index (χ4n) is 3.04. The molecule has 0 saturated carbocycles. The number of aliphatic imine (C=N–C) groups is 2. The van der Waals surface area contributed by atoms with E-state index in [1.165, 1.54) is 4.57 Å². The first-order valence-electron chi connectivity index (χ1n) is 6.88. The van der Waals surface area contributed by atoms with Gasteiger partial charge in [-0.15, -0.1) is 10.2 Å². The van der Waals surface area contributed by atoms with Gasteiger partial charge in [0.2, 0.25) is 5.82 Å². The van der Waals surface area contributed by atoms with Crippen molar-refractivity contribution >= 4 is 12.6 Å². The van der Waals surface area contributed by atoms with E-state index in [9.17, 15) is 13.2 Å². The number of hydrogen-bond donors (Lipinski definition) is 1. The molecule has 1 N–H and O–H groups in total. The molecule has 122 valence electrons. The lowest BCUT2D eigenvalue weighted by atomic mass is 9.93. The smallest absolute Gasteiger partial charge is 0.451 e. The minimum absolute atomic E-state index is 0. The summed E-state index contributed by atoms with van der Waals surface area (Å²) in [6.45, 7) is 0.246. The van der Waals surface area contributed by atoms with Crippen molar-refractivity contribution in [3.63, 3.8) is 0 Å². The highest BCUT2D eigenvalue weighted by Crippen LogP contribution is 2.33. The number of nitrogens with zero attached hydrogens (tertiary/aromatic N) is 5. The third-order valence-corrected chi connectivity index (χ3v) is 4.07. The maximum absolute atomic E-state index is 12.8. The molecule has 0 spiro atoms. The van der Waals surface area contributed by atoms with Gasteiger partial charge in [-0.05, 0) is 6.42 Å². The fourth-order valence-corrected chi connectivity index (χ4v) is 3.04. The Morgan fingerprint density at radius 2 is 2.09 bits per heavy atom. The molecule has 1 aromatic heterocycles. The number of allylic oxidation sites excluding steroid dienone is 2. The molecule has 10 heteroatoms. The second-order valence-electron chi connectivity index (χ2n) is 5.39. The summed E-state index contributed by atoms with van der Waals surface area (Å²) >= 11 is 0. The van der Waals surface area contributed by atoms with Crippen LogP contribution < -0.4 is 17.3 Å². The van der Waals surface area contributed by atoms with Crippen molar-refractivity contribution in [1.29, 1.82) is 0 Å². The molecule has 23 heavy (non-hydrogen) atoms. The number of halogens is 4. The summed E-state index contributed by atoms with van der Waals surface area (Å²) in [6.07, 6.45) is 3.61. The van der Waals surface area contributed by atoms with Crippen molar-refractivity contribution in [3.8, 4) is 0 Å². The summed E-state index contributed by atoms with van der Waals surface area (Å²) < 4.78 is 39.7. The number of rotatable bonds is 1. The van der Waals surface area contributed by atoms with Crippen LogP contribution >= 0.6 is 0 Å². The van der Waals surface area contributed by atoms with Crippen LogP contribution in [0.3, 0.4) is 0 Å². The van der Waals surface area contributed by atoms with Crippen LogP contribution in [-0.2, 0) is 19.1 Å². The standard InChI is InChI=1S/C13H11F3N6.ClH/c14-13(15,16)12-20-19-10-5-8(1-3-22(10)12)11-9-6-17-2-4-21(9)7-18-11;/h2,4,6-8H,1,3,5H2;1H. The van der Waals surface area contributed by atoms with E-state index in [0.717, 1.165) is 16.3 Å². The van der Waals surface area contributed by atoms with Gasteiger partial charge < -0.3 is 17.0 Å². The van der Waals surface area contributed by atoms with Crippen LogP contribution in [0.25, 0.3) is 0 Å². The molecule has 1 aromatic rings. The number of aromatic nitrogens is 3. The second kappa shape index (κ2) is 5.57. The monoisotopic (exact) mass is 344 g/mol. The lowest BCUT2D eigenvalue weighted by molar-refractivity contribution is -0.682. The van der Waals surface area contributed by atoms with Gasteiger partial charge in [0.15, 0.2) is 12.0 Å². The lowest BCUT2D eigenvalue weighted by Crippen LogP contribution is -3.04. The molecule has 0 aliphatic carbocycles. The maximum atomic E-state index is 12.8. The molecule has 4 heterocycles. The summed E-state index contributed by atoms with van der Waals surface area (Å²) in [5.74, 6) is -0.508. The van der Waals surface area contributed by atoms with Crippen LogP contribution in [0.5, 0.6) is 0 Å². The average Bonchev–Trinajstić information content (AvgIpc) is 3.10. The number of alkyl halides is 3. The molecule has 0 fully saturated rings. The van der Waals surface area contributed by atoms with Crippen molar-refractivity contribution in [3.05, 3.63) is 35.4 Å². The summed E-state index contributed by atoms with van der Waals surface area (Å²) in [7, 11) is 0. The van der Waals surface area contributed by atoms with Gasteiger partial charge in [-0.25, -0.2) is 9.89 Å². The van der Waals surface area contributed by atoms with Crippen molar-refractivity contribution in [2.75, 3.05) is 0 Å². The van der Waals surface area contributed by atoms with Crippen molar-refractivity contribution < 1.29 is 30.5 Å². The van der Waals surface area contributed by atoms with Gasteiger partial charge in [0.1, 0.15) is 17.7 Å². The minimum Gasteiger partial charge on any atom is -1.00 e. The molecule has 0 saturated heterocycles. The van der Waals surface area contributed by atoms with Crippen LogP contribution in [-0.4, -0.2) is 27.3 Å². The Labute approximate surface area is 135 Å². The van der Waals surface area contributed by atoms with Gasteiger partial charge in [-0.2, -0.15) is 13.2 Å². The van der Waals surface area contributed by atoms with Crippen LogP contribution in [0, 0.1) is 5.92 Å². The van der Waals surface area contributed by atoms with E-state index in [-0.39, 0.29) is 24.9 Å². The Morgan fingerprint density at radius 3 is 2.87 bits per heavy atom. The third-order valence-electron chi connectivity index (χ3n) is 4.07. The molecule has 0 aromatic carbocycles. The highest BCUT2D eigenvalue weighted by Gasteiger charge is 2.41. The summed E-state index contributed by atoms with van der Waals surface area (Å²) in [4.78, 5) is 9.52. The normalized spacial score (nSPS) is 25.3. The first-order chi connectivity index (χ1) is 10.5. The zero-order valence-corrected chi connectivity index (χ0v) is 12.5. The second-order valence-corrected chi connectivity index (χ2v) is 5.39. The molecule has 2 atom stereocenters. The Balaban J connectivity index is 0.00000156. The quantitative estimate of drug-likeness (QED) is 0.615. The lowest BCUT2D eigenvalue weighted by Gasteiger charge is -2.23. The Hall–Kier alpha value is -2.00. The summed E-state index contributed by atoms with van der Waals surface area (Å²) in [6, 6.07) is 0. The van der Waals surface area contributed by atoms with Crippen molar-refractivity contribution in [1.82, 2.24) is 14.8 Å². The molecular formula is C13H12ClF3N6.